The second kappa shape index (κ2) is 2.84. The molecular weight excluding hydrogens is 132 g/mol. The number of hydrogen-bond acceptors (Lipinski definition) is 3. The van der Waals surface area contributed by atoms with E-state index in [1.54, 1.807) is 12.1 Å². The highest BCUT2D eigenvalue weighted by atomic mass is 16.4. The van der Waals surface area contributed by atoms with Crippen LogP contribution in [0.4, 0.5) is 0 Å². The Morgan fingerprint density at radius 1 is 1.70 bits per heavy atom. The zero-order chi connectivity index (χ0) is 8.20. The van der Waals surface area contributed by atoms with Crippen LogP contribution in [0, 0.1) is 28.1 Å². The summed E-state index contributed by atoms with van der Waals surface area (Å²) >= 11 is 0. The monoisotopic (exact) mass is 138 g/mol. The number of nitrogens with zero attached hydrogens (tertiary/aromatic N) is 2. The van der Waals surface area contributed by atoms with Crippen LogP contribution in [0.1, 0.15) is 13.3 Å². The van der Waals surface area contributed by atoms with Gasteiger partial charge in [-0.3, -0.25) is 4.79 Å². The molecule has 52 valence electrons. The Bertz CT molecular complexity index is 223. The van der Waals surface area contributed by atoms with E-state index in [0.29, 0.717) is 0 Å². The molecule has 1 atom stereocenters. The third-order valence-electron chi connectivity index (χ3n) is 1.15. The lowest BCUT2D eigenvalue weighted by Crippen LogP contribution is -2.24. The fourth-order valence-electron chi connectivity index (χ4n) is 0.321. The molecule has 10 heavy (non-hydrogen) atoms. The molecular formula is C6H6N2O2. The van der Waals surface area contributed by atoms with Crippen LogP contribution in [0.15, 0.2) is 0 Å². The number of rotatable bonds is 2. The SMILES string of the molecule is CC(C#N)(CC#N)C(=O)O. The van der Waals surface area contributed by atoms with Crippen LogP contribution in [0.25, 0.3) is 0 Å². The molecule has 0 aliphatic heterocycles. The molecule has 0 bridgehead atoms. The van der Waals surface area contributed by atoms with Gasteiger partial charge < -0.3 is 5.11 Å². The van der Waals surface area contributed by atoms with Gasteiger partial charge in [0.05, 0.1) is 18.6 Å². The van der Waals surface area contributed by atoms with Gasteiger partial charge in [0.1, 0.15) is 0 Å². The molecule has 0 aliphatic rings. The Morgan fingerprint density at radius 2 is 2.20 bits per heavy atom. The van der Waals surface area contributed by atoms with Crippen molar-refractivity contribution >= 4 is 5.97 Å². The average molecular weight is 138 g/mol. The summed E-state index contributed by atoms with van der Waals surface area (Å²) in [6.07, 6.45) is -0.279. The summed E-state index contributed by atoms with van der Waals surface area (Å²) in [6, 6.07) is 3.19. The second-order valence-electron chi connectivity index (χ2n) is 2.08. The third-order valence-corrected chi connectivity index (χ3v) is 1.15. The standard InChI is InChI=1S/C6H6N2O2/c1-6(4-8,2-3-7)5(9)10/h2H2,1H3,(H,9,10). The molecule has 0 aliphatic carbocycles. The number of aliphatic carboxylic acids is 1. The first-order valence-electron chi connectivity index (χ1n) is 2.58. The molecule has 0 radical (unpaired) electrons. The minimum absolute atomic E-state index is 0.279. The topological polar surface area (TPSA) is 84.9 Å². The molecule has 0 spiro atoms. The summed E-state index contributed by atoms with van der Waals surface area (Å²) in [7, 11) is 0. The lowest BCUT2D eigenvalue weighted by molar-refractivity contribution is -0.144. The van der Waals surface area contributed by atoms with Crippen molar-refractivity contribution in [2.45, 2.75) is 13.3 Å². The first kappa shape index (κ1) is 8.45. The Hall–Kier alpha value is -1.55. The van der Waals surface area contributed by atoms with E-state index in [-0.39, 0.29) is 6.42 Å². The summed E-state index contributed by atoms with van der Waals surface area (Å²) in [5.41, 5.74) is -1.55. The Morgan fingerprint density at radius 3 is 2.30 bits per heavy atom. The summed E-state index contributed by atoms with van der Waals surface area (Å²) in [5.74, 6) is -1.25. The quantitative estimate of drug-likeness (QED) is 0.602. The zero-order valence-electron chi connectivity index (χ0n) is 5.46. The van der Waals surface area contributed by atoms with Gasteiger partial charge >= 0.3 is 5.97 Å². The van der Waals surface area contributed by atoms with E-state index in [9.17, 15) is 4.79 Å². The molecule has 4 nitrogen and oxygen atoms in total. The Kier molecular flexibility index (Phi) is 2.40. The van der Waals surface area contributed by atoms with Gasteiger partial charge in [-0.25, -0.2) is 0 Å². The molecule has 0 aromatic carbocycles. The van der Waals surface area contributed by atoms with Crippen LogP contribution in [-0.4, -0.2) is 11.1 Å². The molecule has 0 aromatic heterocycles. The number of hydrogen-bond donors (Lipinski definition) is 1. The smallest absolute Gasteiger partial charge is 0.324 e. The van der Waals surface area contributed by atoms with Gasteiger partial charge in [0.2, 0.25) is 0 Å². The molecule has 0 rings (SSSR count). The van der Waals surface area contributed by atoms with E-state index in [1.165, 1.54) is 6.92 Å². The highest BCUT2D eigenvalue weighted by Crippen LogP contribution is 2.18. The first-order valence-corrected chi connectivity index (χ1v) is 2.58. The van der Waals surface area contributed by atoms with Crippen LogP contribution in [0.2, 0.25) is 0 Å². The van der Waals surface area contributed by atoms with Crippen molar-refractivity contribution in [3.63, 3.8) is 0 Å². The average Bonchev–Trinajstić information content (AvgIpc) is 1.88. The predicted octanol–water partition coefficient (Wildman–Crippen LogP) is 0.515. The van der Waals surface area contributed by atoms with Crippen LogP contribution in [-0.2, 0) is 4.79 Å². The second-order valence-corrected chi connectivity index (χ2v) is 2.08. The van der Waals surface area contributed by atoms with Crippen LogP contribution in [0.3, 0.4) is 0 Å². The lowest BCUT2D eigenvalue weighted by Gasteiger charge is -2.09. The molecule has 0 amide bonds. The lowest BCUT2D eigenvalue weighted by atomic mass is 9.90. The van der Waals surface area contributed by atoms with Crippen molar-refractivity contribution in [1.29, 1.82) is 10.5 Å². The van der Waals surface area contributed by atoms with Gasteiger partial charge in [0.25, 0.3) is 0 Å². The molecule has 0 saturated carbocycles. The Balaban J connectivity index is 4.47. The third kappa shape index (κ3) is 1.46. The first-order chi connectivity index (χ1) is 4.56. The van der Waals surface area contributed by atoms with E-state index in [0.717, 1.165) is 0 Å². The normalized spacial score (nSPS) is 14.3. The van der Waals surface area contributed by atoms with E-state index in [2.05, 4.69) is 0 Å². The fourth-order valence-corrected chi connectivity index (χ4v) is 0.321. The Labute approximate surface area is 58.3 Å². The van der Waals surface area contributed by atoms with Crippen LogP contribution < -0.4 is 0 Å². The zero-order valence-corrected chi connectivity index (χ0v) is 5.46. The fraction of sp³-hybridized carbons (Fsp3) is 0.500. The molecule has 0 saturated heterocycles. The number of nitriles is 2. The molecule has 0 aromatic rings. The van der Waals surface area contributed by atoms with Gasteiger partial charge in [-0.05, 0) is 6.92 Å². The van der Waals surface area contributed by atoms with Gasteiger partial charge in [-0.1, -0.05) is 0 Å². The van der Waals surface area contributed by atoms with Gasteiger partial charge in [-0.2, -0.15) is 10.5 Å². The predicted molar refractivity (Wildman–Crippen MR) is 31.6 cm³/mol. The molecule has 0 fully saturated rings. The summed E-state index contributed by atoms with van der Waals surface area (Å²) in [4.78, 5) is 10.3. The van der Waals surface area contributed by atoms with Crippen molar-refractivity contribution in [1.82, 2.24) is 0 Å². The maximum absolute atomic E-state index is 10.3. The minimum atomic E-state index is -1.55. The number of carbonyl (C=O) groups is 1. The number of carboxylic acid groups (broad SMARTS) is 1. The largest absolute Gasteiger partial charge is 0.480 e. The summed E-state index contributed by atoms with van der Waals surface area (Å²) < 4.78 is 0. The van der Waals surface area contributed by atoms with Crippen molar-refractivity contribution in [3.8, 4) is 12.1 Å². The maximum atomic E-state index is 10.3. The molecule has 4 heteroatoms. The molecule has 1 unspecified atom stereocenters. The highest BCUT2D eigenvalue weighted by molar-refractivity contribution is 5.77. The van der Waals surface area contributed by atoms with E-state index >= 15 is 0 Å². The highest BCUT2D eigenvalue weighted by Gasteiger charge is 2.32. The van der Waals surface area contributed by atoms with E-state index < -0.39 is 11.4 Å². The van der Waals surface area contributed by atoms with Crippen molar-refractivity contribution in [2.24, 2.45) is 5.41 Å². The van der Waals surface area contributed by atoms with Crippen molar-refractivity contribution in [3.05, 3.63) is 0 Å². The number of carboxylic acids is 1. The van der Waals surface area contributed by atoms with Crippen LogP contribution >= 0.6 is 0 Å². The minimum Gasteiger partial charge on any atom is -0.480 e. The molecule has 0 heterocycles. The van der Waals surface area contributed by atoms with Crippen molar-refractivity contribution < 1.29 is 9.90 Å². The van der Waals surface area contributed by atoms with Gasteiger partial charge in [0, 0.05) is 0 Å². The van der Waals surface area contributed by atoms with E-state index in [4.69, 9.17) is 15.6 Å². The van der Waals surface area contributed by atoms with Crippen molar-refractivity contribution in [2.75, 3.05) is 0 Å². The summed E-state index contributed by atoms with van der Waals surface area (Å²) in [6.45, 7) is 1.22. The molecule has 1 N–H and O–H groups in total. The summed E-state index contributed by atoms with van der Waals surface area (Å²) in [5, 5.41) is 24.8. The van der Waals surface area contributed by atoms with Crippen LogP contribution in [0.5, 0.6) is 0 Å². The maximum Gasteiger partial charge on any atom is 0.324 e. The van der Waals surface area contributed by atoms with Gasteiger partial charge in [0.15, 0.2) is 5.41 Å². The van der Waals surface area contributed by atoms with Gasteiger partial charge in [-0.15, -0.1) is 0 Å². The van der Waals surface area contributed by atoms with E-state index in [1.807, 2.05) is 0 Å².